The number of ketones is 2. The van der Waals surface area contributed by atoms with E-state index in [-0.39, 0.29) is 46.6 Å². The molecule has 2 aromatic heterocycles. The highest BCUT2D eigenvalue weighted by Crippen LogP contribution is 2.34. The second-order valence-electron chi connectivity index (χ2n) is 16.7. The number of carbonyl (C=O) groups excluding carboxylic acids is 4. The summed E-state index contributed by atoms with van der Waals surface area (Å²) in [5.41, 5.74) is 14.2. The fourth-order valence-corrected chi connectivity index (χ4v) is 8.09. The molecule has 2 fully saturated rings. The van der Waals surface area contributed by atoms with E-state index < -0.39 is 0 Å². The number of rotatable bonds is 9. The number of nitrogens with two attached hydrogens (primary N) is 1. The Morgan fingerprint density at radius 2 is 1.05 bits per heavy atom. The van der Waals surface area contributed by atoms with Gasteiger partial charge < -0.3 is 41.0 Å². The standard InChI is InChI=1S/C25H28N4O3.C23H26N4O2.C2H3ClO/c1-15(30)17-7-8-22-21(14-17)23(25(32)28-22)24(27-19-9-11-29(3)12-10-19)18-5-4-6-20(13-18)26-16(2)31;1-14(28)15-6-7-20-19(13-15)21(23(29)26-20)22(16-4-3-5-17(24)12-16)25-18-8-10-27(2)11-9-18;1-2(3)4/h4-8,13-14,19,28,32H,9-12H2,1-3H3,(H,26,31);3-7,12-13,18,26,29H,8-11,24H2,1-2H3;1H3. The van der Waals surface area contributed by atoms with Crippen LogP contribution in [-0.2, 0) is 9.59 Å². The Hall–Kier alpha value is -6.61. The van der Waals surface area contributed by atoms with Crippen LogP contribution in [0.1, 0.15) is 96.3 Å². The van der Waals surface area contributed by atoms with Crippen LogP contribution < -0.4 is 11.1 Å². The van der Waals surface area contributed by atoms with Crippen LogP contribution in [0.4, 0.5) is 11.4 Å². The van der Waals surface area contributed by atoms with Crippen molar-refractivity contribution >= 4 is 78.9 Å². The Kier molecular flexibility index (Phi) is 15.7. The number of Topliss-reactive ketones (excluding diaryl/α,β-unsaturated/α-hetero) is 2. The van der Waals surface area contributed by atoms with Crippen molar-refractivity contribution in [2.75, 3.05) is 51.3 Å². The van der Waals surface area contributed by atoms with Crippen LogP contribution in [-0.4, -0.2) is 116 Å². The molecule has 15 heteroatoms. The molecule has 2 aliphatic heterocycles. The normalized spacial score (nSPS) is 15.5. The third kappa shape index (κ3) is 12.4. The van der Waals surface area contributed by atoms with Crippen molar-refractivity contribution in [3.63, 3.8) is 0 Å². The van der Waals surface area contributed by atoms with E-state index in [9.17, 15) is 29.4 Å². The van der Waals surface area contributed by atoms with Gasteiger partial charge >= 0.3 is 0 Å². The van der Waals surface area contributed by atoms with Crippen LogP contribution in [0.3, 0.4) is 0 Å². The summed E-state index contributed by atoms with van der Waals surface area (Å²) in [7, 11) is 4.22. The van der Waals surface area contributed by atoms with Crippen molar-refractivity contribution in [3.8, 4) is 11.8 Å². The van der Waals surface area contributed by atoms with Crippen molar-refractivity contribution in [2.24, 2.45) is 9.98 Å². The lowest BCUT2D eigenvalue weighted by molar-refractivity contribution is -0.114. The number of anilines is 2. The zero-order valence-electron chi connectivity index (χ0n) is 37.7. The molecule has 4 aromatic carbocycles. The molecule has 340 valence electrons. The molecule has 7 N–H and O–H groups in total. The van der Waals surface area contributed by atoms with Crippen molar-refractivity contribution in [2.45, 2.75) is 65.5 Å². The van der Waals surface area contributed by atoms with Crippen LogP contribution >= 0.6 is 11.6 Å². The number of aromatic nitrogens is 2. The van der Waals surface area contributed by atoms with Crippen LogP contribution in [0, 0.1) is 0 Å². The minimum Gasteiger partial charge on any atom is -0.494 e. The largest absolute Gasteiger partial charge is 0.494 e. The number of likely N-dealkylation sites (tertiary alicyclic amines) is 2. The van der Waals surface area contributed by atoms with Gasteiger partial charge in [-0.05, 0) is 152 Å². The molecule has 0 bridgehead atoms. The third-order valence-corrected chi connectivity index (χ3v) is 11.5. The number of amides is 1. The predicted octanol–water partition coefficient (Wildman–Crippen LogP) is 8.33. The molecular weight excluding hydrogens is 844 g/mol. The van der Waals surface area contributed by atoms with Gasteiger partial charge in [0.2, 0.25) is 11.1 Å². The van der Waals surface area contributed by atoms with Crippen molar-refractivity contribution < 1.29 is 29.4 Å². The van der Waals surface area contributed by atoms with Gasteiger partial charge in [-0.3, -0.25) is 29.2 Å². The number of fused-ring (bicyclic) bond motifs is 2. The molecule has 8 rings (SSSR count). The summed E-state index contributed by atoms with van der Waals surface area (Å²) >= 11 is 4.64. The molecule has 2 saturated heterocycles. The van der Waals surface area contributed by atoms with E-state index in [1.807, 2.05) is 60.7 Å². The van der Waals surface area contributed by atoms with Gasteiger partial charge in [0, 0.05) is 69.3 Å². The average molecular weight is 902 g/mol. The topological polar surface area (TPSA) is 210 Å². The number of nitrogen functional groups attached to an aromatic ring is 1. The molecule has 0 atom stereocenters. The first-order valence-electron chi connectivity index (χ1n) is 21.6. The van der Waals surface area contributed by atoms with Crippen molar-refractivity contribution in [3.05, 3.63) is 118 Å². The molecule has 0 spiro atoms. The first kappa shape index (κ1) is 47.9. The smallest absolute Gasteiger partial charge is 0.221 e. The van der Waals surface area contributed by atoms with Crippen LogP contribution in [0.15, 0.2) is 94.9 Å². The molecule has 1 amide bonds. The lowest BCUT2D eigenvalue weighted by atomic mass is 9.97. The molecule has 0 saturated carbocycles. The first-order valence-corrected chi connectivity index (χ1v) is 22.0. The van der Waals surface area contributed by atoms with E-state index in [0.29, 0.717) is 45.1 Å². The van der Waals surface area contributed by atoms with E-state index in [1.54, 1.807) is 31.2 Å². The van der Waals surface area contributed by atoms with E-state index in [0.717, 1.165) is 84.8 Å². The molecule has 2 aliphatic rings. The van der Waals surface area contributed by atoms with E-state index in [1.165, 1.54) is 20.8 Å². The van der Waals surface area contributed by atoms with Crippen LogP contribution in [0.2, 0.25) is 0 Å². The molecule has 6 aromatic rings. The number of H-pyrrole nitrogens is 2. The van der Waals surface area contributed by atoms with E-state index in [2.05, 4.69) is 50.8 Å². The molecule has 14 nitrogen and oxygen atoms in total. The number of halogens is 1. The highest BCUT2D eigenvalue weighted by Gasteiger charge is 2.25. The molecule has 65 heavy (non-hydrogen) atoms. The fraction of sp³-hybridized carbons (Fsp3) is 0.320. The van der Waals surface area contributed by atoms with Crippen LogP contribution in [0.25, 0.3) is 21.8 Å². The number of aliphatic imine (C=N–C) groups is 2. The number of aromatic amines is 2. The van der Waals surface area contributed by atoms with Gasteiger partial charge in [-0.15, -0.1) is 0 Å². The summed E-state index contributed by atoms with van der Waals surface area (Å²) in [6.45, 7) is 9.73. The Morgan fingerprint density at radius 1 is 0.631 bits per heavy atom. The highest BCUT2D eigenvalue weighted by atomic mass is 35.5. The SMILES string of the molecule is CC(=O)Cl.CC(=O)Nc1cccc(C(=NC2CCN(C)CC2)c2c(O)[nH]c3ccc(C(C)=O)cc23)c1.CC(=O)c1ccc2[nH]c(O)c(C(=NC3CCN(C)CC3)c3cccc(N)c3)c2c1. The van der Waals surface area contributed by atoms with Gasteiger partial charge in [0.15, 0.2) is 23.3 Å². The van der Waals surface area contributed by atoms with E-state index in [4.69, 9.17) is 15.7 Å². The maximum atomic E-state index is 12.0. The second-order valence-corrected chi connectivity index (χ2v) is 17.2. The lowest BCUT2D eigenvalue weighted by Crippen LogP contribution is -2.32. The number of nitrogens with zero attached hydrogens (tertiary/aromatic N) is 4. The zero-order chi connectivity index (χ0) is 46.9. The second kappa shape index (κ2) is 21.4. The van der Waals surface area contributed by atoms with Gasteiger partial charge in [-0.25, -0.2) is 0 Å². The van der Waals surface area contributed by atoms with Crippen molar-refractivity contribution in [1.82, 2.24) is 19.8 Å². The molecular formula is C50H57ClN8O6. The molecule has 0 unspecified atom stereocenters. The Balaban J connectivity index is 0.000000200. The molecule has 0 radical (unpaired) electrons. The number of aromatic hydroxyl groups is 2. The molecule has 0 aliphatic carbocycles. The Morgan fingerprint density at radius 3 is 1.45 bits per heavy atom. The quantitative estimate of drug-likeness (QED) is 0.0356. The Bertz CT molecular complexity index is 2770. The van der Waals surface area contributed by atoms with Crippen molar-refractivity contribution in [1.29, 1.82) is 0 Å². The van der Waals surface area contributed by atoms with E-state index >= 15 is 0 Å². The number of hydrogen-bond acceptors (Lipinski definition) is 11. The predicted molar refractivity (Wildman–Crippen MR) is 260 cm³/mol. The maximum Gasteiger partial charge on any atom is 0.221 e. The average Bonchev–Trinajstić information content (AvgIpc) is 3.76. The van der Waals surface area contributed by atoms with Gasteiger partial charge in [-0.2, -0.15) is 0 Å². The third-order valence-electron chi connectivity index (χ3n) is 11.5. The molecule has 4 heterocycles. The summed E-state index contributed by atoms with van der Waals surface area (Å²) in [6, 6.07) is 26.1. The zero-order valence-corrected chi connectivity index (χ0v) is 38.4. The summed E-state index contributed by atoms with van der Waals surface area (Å²) < 4.78 is 0. The minimum atomic E-state index is -0.361. The number of hydrogen-bond donors (Lipinski definition) is 6. The minimum absolute atomic E-state index is 0.0114. The van der Waals surface area contributed by atoms with Crippen LogP contribution in [0.5, 0.6) is 11.8 Å². The summed E-state index contributed by atoms with van der Waals surface area (Å²) in [5.74, 6) is -0.152. The highest BCUT2D eigenvalue weighted by molar-refractivity contribution is 6.62. The Labute approximate surface area is 383 Å². The number of piperidine rings is 2. The summed E-state index contributed by atoms with van der Waals surface area (Å²) in [5, 5.41) is 25.6. The fourth-order valence-electron chi connectivity index (χ4n) is 8.09. The van der Waals surface area contributed by atoms with Gasteiger partial charge in [0.1, 0.15) is 0 Å². The maximum absolute atomic E-state index is 12.0. The summed E-state index contributed by atoms with van der Waals surface area (Å²) in [4.78, 5) is 65.5. The first-order chi connectivity index (χ1) is 31.0. The van der Waals surface area contributed by atoms with Gasteiger partial charge in [0.05, 0.1) is 34.6 Å². The number of nitrogens with one attached hydrogen (secondary N) is 3. The number of carbonyl (C=O) groups is 4. The van der Waals surface area contributed by atoms with Gasteiger partial charge in [-0.1, -0.05) is 24.3 Å². The lowest BCUT2D eigenvalue weighted by Gasteiger charge is -2.27. The summed E-state index contributed by atoms with van der Waals surface area (Å²) in [6.07, 6.45) is 3.77. The monoisotopic (exact) mass is 900 g/mol. The van der Waals surface area contributed by atoms with Gasteiger partial charge in [0.25, 0.3) is 0 Å². The number of benzene rings is 4.